The van der Waals surface area contributed by atoms with Gasteiger partial charge in [0.25, 0.3) is 5.91 Å². The number of nitrogens with zero attached hydrogens (tertiary/aromatic N) is 1. The number of rotatable bonds is 1. The van der Waals surface area contributed by atoms with E-state index in [0.29, 0.717) is 12.2 Å². The maximum absolute atomic E-state index is 12.4. The first-order valence-corrected chi connectivity index (χ1v) is 7.11. The van der Waals surface area contributed by atoms with Gasteiger partial charge in [-0.2, -0.15) is 0 Å². The van der Waals surface area contributed by atoms with E-state index in [4.69, 9.17) is 21.8 Å². The van der Waals surface area contributed by atoms with Gasteiger partial charge in [-0.05, 0) is 41.9 Å². The number of carbonyl (C=O) groups excluding carboxylic acids is 1. The van der Waals surface area contributed by atoms with Gasteiger partial charge in [0, 0.05) is 22.9 Å². The van der Waals surface area contributed by atoms with E-state index in [1.165, 1.54) is 0 Å². The van der Waals surface area contributed by atoms with Gasteiger partial charge in [0.2, 0.25) is 0 Å². The monoisotopic (exact) mass is 294 g/mol. The molecule has 19 heavy (non-hydrogen) atoms. The average molecular weight is 295 g/mol. The fourth-order valence-corrected chi connectivity index (χ4v) is 3.13. The zero-order chi connectivity index (χ0) is 13.4. The molecule has 98 valence electrons. The number of hydrogen-bond donors (Lipinski definition) is 1. The van der Waals surface area contributed by atoms with Crippen LogP contribution in [0.3, 0.4) is 0 Å². The predicted octanol–water partition coefficient (Wildman–Crippen LogP) is 3.27. The summed E-state index contributed by atoms with van der Waals surface area (Å²) >= 11 is 7.42. The normalized spacial score (nSPS) is 14.3. The Morgan fingerprint density at radius 1 is 1.37 bits per heavy atom. The number of fused-ring (bicyclic) bond motifs is 1. The molecule has 0 spiro atoms. The average Bonchev–Trinajstić information content (AvgIpc) is 2.84. The second-order valence-corrected chi connectivity index (χ2v) is 5.65. The van der Waals surface area contributed by atoms with Crippen LogP contribution >= 0.6 is 23.4 Å². The number of amides is 1. The number of hydrogen-bond acceptors (Lipinski definition) is 4. The van der Waals surface area contributed by atoms with Crippen LogP contribution in [0.5, 0.6) is 0 Å². The molecular weight excluding hydrogens is 284 g/mol. The molecule has 0 fully saturated rings. The minimum Gasteiger partial charge on any atom is -0.440 e. The van der Waals surface area contributed by atoms with Gasteiger partial charge in [-0.15, -0.1) is 11.8 Å². The summed E-state index contributed by atoms with van der Waals surface area (Å²) in [5.41, 5.74) is 7.26. The van der Waals surface area contributed by atoms with Crippen LogP contribution in [0.25, 0.3) is 0 Å². The van der Waals surface area contributed by atoms with Crippen LogP contribution in [0.2, 0.25) is 5.22 Å². The molecular formula is C13H11ClN2O2S. The molecule has 6 heteroatoms. The van der Waals surface area contributed by atoms with E-state index in [1.807, 2.05) is 18.2 Å². The molecule has 3 rings (SSSR count). The van der Waals surface area contributed by atoms with Crippen molar-refractivity contribution < 1.29 is 9.21 Å². The Balaban J connectivity index is 1.99. The Morgan fingerprint density at radius 2 is 2.21 bits per heavy atom. The lowest BCUT2D eigenvalue weighted by Gasteiger charge is -2.28. The topological polar surface area (TPSA) is 59.5 Å². The van der Waals surface area contributed by atoms with Crippen LogP contribution < -0.4 is 10.6 Å². The molecule has 0 saturated heterocycles. The van der Waals surface area contributed by atoms with Gasteiger partial charge in [-0.25, -0.2) is 0 Å². The van der Waals surface area contributed by atoms with E-state index < -0.39 is 0 Å². The standard InChI is InChI=1S/C13H11ClN2O2S/c14-12-4-2-10(18-12)13(17)16-5-6-19-11-3-1-8(15)7-9(11)16/h1-4,7H,5-6,15H2. The van der Waals surface area contributed by atoms with Crippen molar-refractivity contribution in [3.8, 4) is 0 Å². The highest BCUT2D eigenvalue weighted by Gasteiger charge is 2.26. The molecule has 1 aromatic carbocycles. The first-order valence-electron chi connectivity index (χ1n) is 5.74. The maximum Gasteiger partial charge on any atom is 0.294 e. The molecule has 4 nitrogen and oxygen atoms in total. The van der Waals surface area contributed by atoms with Crippen molar-refractivity contribution in [3.63, 3.8) is 0 Å². The van der Waals surface area contributed by atoms with Gasteiger partial charge in [-0.3, -0.25) is 4.79 Å². The summed E-state index contributed by atoms with van der Waals surface area (Å²) in [5, 5.41) is 0.211. The third-order valence-corrected chi connectivity index (χ3v) is 4.12. The highest BCUT2D eigenvalue weighted by Crippen LogP contribution is 2.36. The van der Waals surface area contributed by atoms with Crippen molar-refractivity contribution in [2.24, 2.45) is 0 Å². The van der Waals surface area contributed by atoms with Crippen LogP contribution in [0, 0.1) is 0 Å². The van der Waals surface area contributed by atoms with Crippen molar-refractivity contribution in [3.05, 3.63) is 41.3 Å². The molecule has 2 heterocycles. The second kappa shape index (κ2) is 4.83. The molecule has 0 radical (unpaired) electrons. The lowest BCUT2D eigenvalue weighted by Crippen LogP contribution is -2.35. The van der Waals surface area contributed by atoms with E-state index >= 15 is 0 Å². The molecule has 0 saturated carbocycles. The summed E-state index contributed by atoms with van der Waals surface area (Å²) in [7, 11) is 0. The van der Waals surface area contributed by atoms with Crippen molar-refractivity contribution in [2.75, 3.05) is 22.9 Å². The summed E-state index contributed by atoms with van der Waals surface area (Å²) < 4.78 is 5.18. The number of nitrogen functional groups attached to an aromatic ring is 1. The van der Waals surface area contributed by atoms with E-state index in [1.54, 1.807) is 28.8 Å². The number of benzene rings is 1. The van der Waals surface area contributed by atoms with Crippen LogP contribution in [0.15, 0.2) is 39.6 Å². The molecule has 1 aliphatic rings. The molecule has 0 bridgehead atoms. The van der Waals surface area contributed by atoms with Crippen LogP contribution in [0.4, 0.5) is 11.4 Å². The largest absolute Gasteiger partial charge is 0.440 e. The number of nitrogens with two attached hydrogens (primary N) is 1. The lowest BCUT2D eigenvalue weighted by atomic mass is 10.2. The summed E-state index contributed by atoms with van der Waals surface area (Å²) in [6.07, 6.45) is 0. The highest BCUT2D eigenvalue weighted by atomic mass is 35.5. The van der Waals surface area contributed by atoms with E-state index in [0.717, 1.165) is 16.3 Å². The molecule has 2 aromatic rings. The van der Waals surface area contributed by atoms with Crippen molar-refractivity contribution in [2.45, 2.75) is 4.90 Å². The Morgan fingerprint density at radius 3 is 2.95 bits per heavy atom. The van der Waals surface area contributed by atoms with E-state index in [-0.39, 0.29) is 16.9 Å². The Hall–Kier alpha value is -1.59. The Kier molecular flexibility index (Phi) is 3.16. The SMILES string of the molecule is Nc1ccc2c(c1)N(C(=O)c1ccc(Cl)o1)CCS2. The van der Waals surface area contributed by atoms with Crippen LogP contribution in [-0.4, -0.2) is 18.2 Å². The van der Waals surface area contributed by atoms with Gasteiger partial charge >= 0.3 is 0 Å². The third-order valence-electron chi connectivity index (χ3n) is 2.88. The fraction of sp³-hybridized carbons (Fsp3) is 0.154. The zero-order valence-electron chi connectivity index (χ0n) is 9.93. The van der Waals surface area contributed by atoms with Crippen molar-refractivity contribution >= 4 is 40.6 Å². The molecule has 0 atom stereocenters. The van der Waals surface area contributed by atoms with Crippen LogP contribution in [0.1, 0.15) is 10.6 Å². The van der Waals surface area contributed by atoms with Gasteiger partial charge < -0.3 is 15.1 Å². The summed E-state index contributed by atoms with van der Waals surface area (Å²) in [6.45, 7) is 0.623. The zero-order valence-corrected chi connectivity index (χ0v) is 11.5. The van der Waals surface area contributed by atoms with E-state index in [2.05, 4.69) is 0 Å². The predicted molar refractivity (Wildman–Crippen MR) is 77.0 cm³/mol. The smallest absolute Gasteiger partial charge is 0.294 e. The lowest BCUT2D eigenvalue weighted by molar-refractivity contribution is 0.0961. The van der Waals surface area contributed by atoms with Gasteiger partial charge in [0.05, 0.1) is 5.69 Å². The summed E-state index contributed by atoms with van der Waals surface area (Å²) in [6, 6.07) is 8.73. The quantitative estimate of drug-likeness (QED) is 0.820. The number of halogens is 1. The van der Waals surface area contributed by atoms with Crippen molar-refractivity contribution in [1.29, 1.82) is 0 Å². The third kappa shape index (κ3) is 2.31. The van der Waals surface area contributed by atoms with E-state index in [9.17, 15) is 4.79 Å². The Bertz CT molecular complexity index is 641. The number of furan rings is 1. The van der Waals surface area contributed by atoms with Gasteiger partial charge in [-0.1, -0.05) is 0 Å². The molecule has 1 amide bonds. The first kappa shape index (κ1) is 12.4. The minimum absolute atomic E-state index is 0.195. The number of thioether (sulfide) groups is 1. The molecule has 0 aliphatic carbocycles. The first-order chi connectivity index (χ1) is 9.15. The van der Waals surface area contributed by atoms with Gasteiger partial charge in [0.15, 0.2) is 11.0 Å². The second-order valence-electron chi connectivity index (χ2n) is 4.14. The fourth-order valence-electron chi connectivity index (χ4n) is 2.01. The number of carbonyl (C=O) groups is 1. The van der Waals surface area contributed by atoms with Crippen LogP contribution in [-0.2, 0) is 0 Å². The summed E-state index contributed by atoms with van der Waals surface area (Å²) in [5.74, 6) is 0.890. The number of anilines is 2. The highest BCUT2D eigenvalue weighted by molar-refractivity contribution is 7.99. The maximum atomic E-state index is 12.4. The molecule has 2 N–H and O–H groups in total. The molecule has 1 aliphatic heterocycles. The van der Waals surface area contributed by atoms with Gasteiger partial charge in [0.1, 0.15) is 0 Å². The Labute approximate surface area is 119 Å². The minimum atomic E-state index is -0.195. The molecule has 0 unspecified atom stereocenters. The molecule has 1 aromatic heterocycles. The van der Waals surface area contributed by atoms with Crippen molar-refractivity contribution in [1.82, 2.24) is 0 Å². The summed E-state index contributed by atoms with van der Waals surface area (Å²) in [4.78, 5) is 15.1.